The largest absolute Gasteiger partial charge is 0.376 e. The molecule has 0 aromatic rings. The molecular formula is C13H23FO3S. The van der Waals surface area contributed by atoms with Crippen LogP contribution in [0, 0.1) is 16.7 Å². The van der Waals surface area contributed by atoms with Gasteiger partial charge in [0.05, 0.1) is 6.10 Å². The standard InChI is InChI=1S/C13H23FO3S/c1-10-6-12(2,3)9-13(7-10)4-5-17-11(13)8-18(14,15)16/h10-11H,4-9H2,1-3H3. The maximum atomic E-state index is 13.0. The molecule has 1 heterocycles. The lowest BCUT2D eigenvalue weighted by Crippen LogP contribution is -2.44. The Hall–Kier alpha value is -0.160. The van der Waals surface area contributed by atoms with Crippen LogP contribution in [-0.4, -0.2) is 26.9 Å². The van der Waals surface area contributed by atoms with Crippen molar-refractivity contribution in [3.05, 3.63) is 0 Å². The Kier molecular flexibility index (Phi) is 3.52. The van der Waals surface area contributed by atoms with E-state index in [-0.39, 0.29) is 10.8 Å². The number of hydrogen-bond donors (Lipinski definition) is 0. The minimum absolute atomic E-state index is 0.139. The van der Waals surface area contributed by atoms with E-state index in [9.17, 15) is 12.3 Å². The third-order valence-corrected chi connectivity index (χ3v) is 5.14. The van der Waals surface area contributed by atoms with Crippen molar-refractivity contribution in [1.82, 2.24) is 0 Å². The van der Waals surface area contributed by atoms with Crippen LogP contribution in [0.15, 0.2) is 0 Å². The van der Waals surface area contributed by atoms with Crippen LogP contribution in [0.25, 0.3) is 0 Å². The summed E-state index contributed by atoms with van der Waals surface area (Å²) in [6, 6.07) is 0. The van der Waals surface area contributed by atoms with Gasteiger partial charge in [-0.25, -0.2) is 0 Å². The molecule has 18 heavy (non-hydrogen) atoms. The summed E-state index contributed by atoms with van der Waals surface area (Å²) >= 11 is 0. The van der Waals surface area contributed by atoms with Crippen molar-refractivity contribution in [2.75, 3.05) is 12.4 Å². The summed E-state index contributed by atoms with van der Waals surface area (Å²) in [5.74, 6) is 0.0655. The highest BCUT2D eigenvalue weighted by molar-refractivity contribution is 7.86. The molecule has 1 spiro atoms. The number of rotatable bonds is 2. The van der Waals surface area contributed by atoms with Crippen molar-refractivity contribution < 1.29 is 17.0 Å². The number of ether oxygens (including phenoxy) is 1. The fourth-order valence-corrected chi connectivity index (χ4v) is 5.20. The van der Waals surface area contributed by atoms with Gasteiger partial charge in [-0.3, -0.25) is 0 Å². The maximum Gasteiger partial charge on any atom is 0.304 e. The molecule has 0 bridgehead atoms. The van der Waals surface area contributed by atoms with E-state index in [4.69, 9.17) is 4.74 Å². The van der Waals surface area contributed by atoms with Gasteiger partial charge in [-0.2, -0.15) is 8.42 Å². The van der Waals surface area contributed by atoms with E-state index in [1.54, 1.807) is 0 Å². The summed E-state index contributed by atoms with van der Waals surface area (Å²) < 4.78 is 40.3. The van der Waals surface area contributed by atoms with Crippen LogP contribution in [0.2, 0.25) is 0 Å². The Morgan fingerprint density at radius 1 is 1.33 bits per heavy atom. The molecule has 2 rings (SSSR count). The van der Waals surface area contributed by atoms with Crippen LogP contribution in [-0.2, 0) is 15.0 Å². The third kappa shape index (κ3) is 3.05. The fraction of sp³-hybridized carbons (Fsp3) is 1.00. The number of hydrogen-bond acceptors (Lipinski definition) is 3. The molecule has 3 atom stereocenters. The molecule has 1 aliphatic heterocycles. The lowest BCUT2D eigenvalue weighted by Gasteiger charge is -2.47. The Bertz CT molecular complexity index is 418. The second-order valence-electron chi connectivity index (χ2n) is 7.03. The average Bonchev–Trinajstić information content (AvgIpc) is 2.41. The first-order valence-corrected chi connectivity index (χ1v) is 8.21. The van der Waals surface area contributed by atoms with Gasteiger partial charge in [0.25, 0.3) is 0 Å². The Balaban J connectivity index is 2.23. The summed E-state index contributed by atoms with van der Waals surface area (Å²) in [4.78, 5) is 0. The third-order valence-electron chi connectivity index (χ3n) is 4.44. The van der Waals surface area contributed by atoms with Crippen LogP contribution in [0.1, 0.15) is 46.5 Å². The van der Waals surface area contributed by atoms with Gasteiger partial charge in [-0.1, -0.05) is 20.8 Å². The van der Waals surface area contributed by atoms with Crippen molar-refractivity contribution in [2.24, 2.45) is 16.7 Å². The first kappa shape index (κ1) is 14.3. The highest BCUT2D eigenvalue weighted by Gasteiger charge is 2.51. The van der Waals surface area contributed by atoms with Crippen LogP contribution in [0.5, 0.6) is 0 Å². The van der Waals surface area contributed by atoms with Crippen molar-refractivity contribution in [3.8, 4) is 0 Å². The highest BCUT2D eigenvalue weighted by atomic mass is 32.3. The van der Waals surface area contributed by atoms with E-state index in [0.29, 0.717) is 12.5 Å². The maximum absolute atomic E-state index is 13.0. The van der Waals surface area contributed by atoms with Gasteiger partial charge in [0.1, 0.15) is 5.75 Å². The van der Waals surface area contributed by atoms with Gasteiger partial charge in [0.2, 0.25) is 0 Å². The summed E-state index contributed by atoms with van der Waals surface area (Å²) in [6.45, 7) is 7.18. The van der Waals surface area contributed by atoms with E-state index in [0.717, 1.165) is 25.7 Å². The van der Waals surface area contributed by atoms with E-state index >= 15 is 0 Å². The molecule has 1 aliphatic carbocycles. The van der Waals surface area contributed by atoms with Crippen LogP contribution < -0.4 is 0 Å². The molecule has 0 radical (unpaired) electrons. The molecule has 0 aromatic carbocycles. The summed E-state index contributed by atoms with van der Waals surface area (Å²) in [5, 5.41) is 0. The van der Waals surface area contributed by atoms with E-state index in [1.807, 2.05) is 0 Å². The van der Waals surface area contributed by atoms with E-state index < -0.39 is 22.1 Å². The average molecular weight is 278 g/mol. The Morgan fingerprint density at radius 3 is 2.56 bits per heavy atom. The van der Waals surface area contributed by atoms with Gasteiger partial charge in [-0.15, -0.1) is 3.89 Å². The predicted octanol–water partition coefficient (Wildman–Crippen LogP) is 2.91. The first-order valence-electron chi connectivity index (χ1n) is 6.66. The lowest BCUT2D eigenvalue weighted by molar-refractivity contribution is -0.0120. The normalized spacial score (nSPS) is 40.2. The van der Waals surface area contributed by atoms with Crippen molar-refractivity contribution in [1.29, 1.82) is 0 Å². The molecule has 1 saturated heterocycles. The first-order chi connectivity index (χ1) is 8.12. The molecule has 0 N–H and O–H groups in total. The van der Waals surface area contributed by atoms with Gasteiger partial charge < -0.3 is 4.74 Å². The molecule has 0 amide bonds. The molecule has 2 aliphatic rings. The molecular weight excluding hydrogens is 255 g/mol. The van der Waals surface area contributed by atoms with Crippen molar-refractivity contribution in [3.63, 3.8) is 0 Å². The molecule has 5 heteroatoms. The van der Waals surface area contributed by atoms with Gasteiger partial charge in [0.15, 0.2) is 0 Å². The quantitative estimate of drug-likeness (QED) is 0.729. The topological polar surface area (TPSA) is 43.4 Å². The Labute approximate surface area is 109 Å². The van der Waals surface area contributed by atoms with Crippen LogP contribution in [0.4, 0.5) is 3.89 Å². The van der Waals surface area contributed by atoms with Crippen LogP contribution in [0.3, 0.4) is 0 Å². The minimum atomic E-state index is -4.46. The van der Waals surface area contributed by atoms with Crippen LogP contribution >= 0.6 is 0 Å². The molecule has 3 nitrogen and oxygen atoms in total. The second-order valence-corrected chi connectivity index (χ2v) is 8.44. The summed E-state index contributed by atoms with van der Waals surface area (Å²) in [6.07, 6.45) is 3.43. The molecule has 0 aromatic heterocycles. The van der Waals surface area contributed by atoms with E-state index in [1.165, 1.54) is 0 Å². The lowest BCUT2D eigenvalue weighted by atomic mass is 9.58. The van der Waals surface area contributed by atoms with E-state index in [2.05, 4.69) is 20.8 Å². The van der Waals surface area contributed by atoms with Gasteiger partial charge in [0, 0.05) is 12.0 Å². The molecule has 1 saturated carbocycles. The Morgan fingerprint density at radius 2 is 2.00 bits per heavy atom. The van der Waals surface area contributed by atoms with Crippen molar-refractivity contribution >= 4 is 10.2 Å². The van der Waals surface area contributed by atoms with Gasteiger partial charge >= 0.3 is 10.2 Å². The minimum Gasteiger partial charge on any atom is -0.376 e. The highest BCUT2D eigenvalue weighted by Crippen LogP contribution is 2.55. The number of halogens is 1. The molecule has 106 valence electrons. The monoisotopic (exact) mass is 278 g/mol. The molecule has 2 fully saturated rings. The zero-order chi connectivity index (χ0) is 13.6. The van der Waals surface area contributed by atoms with Gasteiger partial charge in [-0.05, 0) is 37.0 Å². The molecule has 3 unspecified atom stereocenters. The summed E-state index contributed by atoms with van der Waals surface area (Å²) in [7, 11) is -4.46. The summed E-state index contributed by atoms with van der Waals surface area (Å²) in [5.41, 5.74) is 0.0457. The fourth-order valence-electron chi connectivity index (χ4n) is 4.39. The predicted molar refractivity (Wildman–Crippen MR) is 68.5 cm³/mol. The zero-order valence-electron chi connectivity index (χ0n) is 11.4. The smallest absolute Gasteiger partial charge is 0.304 e. The second kappa shape index (κ2) is 4.44. The SMILES string of the molecule is CC1CC(C)(C)CC2(CCOC2CS(=O)(=O)F)C1. The van der Waals surface area contributed by atoms with Crippen molar-refractivity contribution in [2.45, 2.75) is 52.6 Å². The zero-order valence-corrected chi connectivity index (χ0v) is 12.2.